The second-order valence-electron chi connectivity index (χ2n) is 6.83. The van der Waals surface area contributed by atoms with E-state index in [-0.39, 0.29) is 24.5 Å². The third kappa shape index (κ3) is 6.26. The highest BCUT2D eigenvalue weighted by Crippen LogP contribution is 2.31. The van der Waals surface area contributed by atoms with Crippen LogP contribution in [0.25, 0.3) is 0 Å². The topological polar surface area (TPSA) is 75.6 Å². The van der Waals surface area contributed by atoms with Crippen LogP contribution in [0.5, 0.6) is 0 Å². The van der Waals surface area contributed by atoms with E-state index in [0.29, 0.717) is 5.92 Å². The van der Waals surface area contributed by atoms with Crippen molar-refractivity contribution in [2.45, 2.75) is 71.4 Å². The average Bonchev–Trinajstić information content (AvgIpc) is 2.26. The average molecular weight is 285 g/mol. The third-order valence-corrected chi connectivity index (χ3v) is 3.79. The number of hydrogen-bond acceptors (Lipinski definition) is 3. The molecule has 0 aliphatic heterocycles. The van der Waals surface area contributed by atoms with Crippen molar-refractivity contribution < 1.29 is 19.4 Å². The van der Waals surface area contributed by atoms with Gasteiger partial charge in [-0.05, 0) is 58.3 Å². The van der Waals surface area contributed by atoms with E-state index in [1.807, 2.05) is 27.7 Å². The van der Waals surface area contributed by atoms with Crippen LogP contribution in [0.1, 0.15) is 59.8 Å². The van der Waals surface area contributed by atoms with Crippen molar-refractivity contribution in [3.05, 3.63) is 0 Å². The number of carbonyl (C=O) groups is 2. The minimum absolute atomic E-state index is 0.151. The smallest absolute Gasteiger partial charge is 0.407 e. The van der Waals surface area contributed by atoms with Gasteiger partial charge < -0.3 is 15.2 Å². The number of carbonyl (C=O) groups excluding carboxylic acids is 1. The van der Waals surface area contributed by atoms with Crippen LogP contribution in [-0.2, 0) is 9.53 Å². The molecular formula is C15H27NO4. The maximum absolute atomic E-state index is 11.7. The van der Waals surface area contributed by atoms with Crippen LogP contribution in [0.4, 0.5) is 4.79 Å². The molecule has 116 valence electrons. The van der Waals surface area contributed by atoms with Gasteiger partial charge in [0.15, 0.2) is 0 Å². The number of alkyl carbamates (subject to hydrolysis) is 1. The lowest BCUT2D eigenvalue weighted by atomic mass is 9.78. The minimum atomic E-state index is -0.730. The molecule has 1 fully saturated rings. The molecule has 1 unspecified atom stereocenters. The fourth-order valence-corrected chi connectivity index (χ4v) is 2.75. The van der Waals surface area contributed by atoms with Crippen LogP contribution >= 0.6 is 0 Å². The summed E-state index contributed by atoms with van der Waals surface area (Å²) >= 11 is 0. The molecule has 0 aromatic rings. The summed E-state index contributed by atoms with van der Waals surface area (Å²) in [6.07, 6.45) is 3.60. The molecule has 1 atom stereocenters. The highest BCUT2D eigenvalue weighted by atomic mass is 16.6. The van der Waals surface area contributed by atoms with Gasteiger partial charge in [-0.1, -0.05) is 6.92 Å². The first-order chi connectivity index (χ1) is 9.17. The number of amides is 1. The molecule has 1 aliphatic rings. The van der Waals surface area contributed by atoms with Crippen LogP contribution in [0.2, 0.25) is 0 Å². The number of carboxylic acid groups (broad SMARTS) is 1. The summed E-state index contributed by atoms with van der Waals surface area (Å²) in [6.45, 7) is 7.53. The van der Waals surface area contributed by atoms with E-state index in [9.17, 15) is 9.59 Å². The minimum Gasteiger partial charge on any atom is -0.481 e. The molecule has 0 aromatic carbocycles. The van der Waals surface area contributed by atoms with E-state index in [1.54, 1.807) is 0 Å². The molecule has 0 bridgehead atoms. The molecule has 5 heteroatoms. The van der Waals surface area contributed by atoms with Crippen molar-refractivity contribution >= 4 is 12.1 Å². The molecule has 20 heavy (non-hydrogen) atoms. The van der Waals surface area contributed by atoms with E-state index in [1.165, 1.54) is 0 Å². The van der Waals surface area contributed by atoms with E-state index in [0.717, 1.165) is 25.7 Å². The van der Waals surface area contributed by atoms with Crippen LogP contribution < -0.4 is 5.32 Å². The van der Waals surface area contributed by atoms with Crippen LogP contribution in [0, 0.1) is 11.8 Å². The van der Waals surface area contributed by atoms with Gasteiger partial charge in [-0.2, -0.15) is 0 Å². The fraction of sp³-hybridized carbons (Fsp3) is 0.867. The van der Waals surface area contributed by atoms with Gasteiger partial charge in [0.1, 0.15) is 5.60 Å². The quantitative estimate of drug-likeness (QED) is 0.831. The third-order valence-electron chi connectivity index (χ3n) is 3.79. The molecule has 1 rings (SSSR count). The van der Waals surface area contributed by atoms with Crippen molar-refractivity contribution in [1.82, 2.24) is 5.32 Å². The van der Waals surface area contributed by atoms with Crippen molar-refractivity contribution in [2.24, 2.45) is 11.8 Å². The summed E-state index contributed by atoms with van der Waals surface area (Å²) in [6, 6.07) is 0.151. The zero-order valence-electron chi connectivity index (χ0n) is 12.9. The molecular weight excluding hydrogens is 258 g/mol. The summed E-state index contributed by atoms with van der Waals surface area (Å²) in [5.74, 6) is -0.0794. The van der Waals surface area contributed by atoms with Gasteiger partial charge in [-0.25, -0.2) is 4.79 Å². The van der Waals surface area contributed by atoms with Crippen LogP contribution in [-0.4, -0.2) is 28.8 Å². The lowest BCUT2D eigenvalue weighted by Crippen LogP contribution is -2.41. The molecule has 0 radical (unpaired) electrons. The number of aliphatic carboxylic acids is 1. The molecule has 0 spiro atoms. The highest BCUT2D eigenvalue weighted by Gasteiger charge is 2.28. The SMILES string of the molecule is CC(CC(=O)O)C1CCC(NC(=O)OC(C)(C)C)CC1. The van der Waals surface area contributed by atoms with Gasteiger partial charge in [0.2, 0.25) is 0 Å². The maximum atomic E-state index is 11.7. The lowest BCUT2D eigenvalue weighted by Gasteiger charge is -2.32. The van der Waals surface area contributed by atoms with Gasteiger partial charge in [0.05, 0.1) is 0 Å². The largest absolute Gasteiger partial charge is 0.481 e. The lowest BCUT2D eigenvalue weighted by molar-refractivity contribution is -0.138. The molecule has 1 saturated carbocycles. The monoisotopic (exact) mass is 285 g/mol. The van der Waals surface area contributed by atoms with E-state index in [4.69, 9.17) is 9.84 Å². The zero-order chi connectivity index (χ0) is 15.3. The first-order valence-electron chi connectivity index (χ1n) is 7.38. The van der Waals surface area contributed by atoms with Gasteiger partial charge in [-0.15, -0.1) is 0 Å². The van der Waals surface area contributed by atoms with Crippen LogP contribution in [0.3, 0.4) is 0 Å². The Bertz CT molecular complexity index is 340. The normalized spacial score (nSPS) is 24.8. The van der Waals surface area contributed by atoms with E-state index >= 15 is 0 Å². The summed E-state index contributed by atoms with van der Waals surface area (Å²) in [5, 5.41) is 11.7. The van der Waals surface area contributed by atoms with E-state index < -0.39 is 11.6 Å². The Kier molecular flexibility index (Phi) is 5.84. The van der Waals surface area contributed by atoms with Gasteiger partial charge >= 0.3 is 12.1 Å². The van der Waals surface area contributed by atoms with Crippen molar-refractivity contribution in [1.29, 1.82) is 0 Å². The molecule has 0 heterocycles. The number of ether oxygens (including phenoxy) is 1. The standard InChI is InChI=1S/C15H27NO4/c1-10(9-13(17)18)11-5-7-12(8-6-11)16-14(19)20-15(2,3)4/h10-12H,5-9H2,1-4H3,(H,16,19)(H,17,18). The molecule has 1 amide bonds. The van der Waals surface area contributed by atoms with Gasteiger partial charge in [-0.3, -0.25) is 4.79 Å². The van der Waals surface area contributed by atoms with Crippen LogP contribution in [0.15, 0.2) is 0 Å². The molecule has 5 nitrogen and oxygen atoms in total. The first-order valence-corrected chi connectivity index (χ1v) is 7.38. The summed E-state index contributed by atoms with van der Waals surface area (Å²) in [7, 11) is 0. The Morgan fingerprint density at radius 2 is 1.80 bits per heavy atom. The predicted octanol–water partition coefficient (Wildman–Crippen LogP) is 3.18. The molecule has 0 aromatic heterocycles. The molecule has 1 aliphatic carbocycles. The van der Waals surface area contributed by atoms with Crippen molar-refractivity contribution in [3.8, 4) is 0 Å². The Balaban J connectivity index is 2.32. The Hall–Kier alpha value is -1.26. The molecule has 0 saturated heterocycles. The Morgan fingerprint density at radius 1 is 1.25 bits per heavy atom. The number of rotatable bonds is 4. The summed E-state index contributed by atoms with van der Waals surface area (Å²) in [4.78, 5) is 22.4. The van der Waals surface area contributed by atoms with Crippen molar-refractivity contribution in [2.75, 3.05) is 0 Å². The molecule has 2 N–H and O–H groups in total. The Labute approximate surface area is 121 Å². The maximum Gasteiger partial charge on any atom is 0.407 e. The number of carboxylic acids is 1. The second kappa shape index (κ2) is 6.95. The fourth-order valence-electron chi connectivity index (χ4n) is 2.75. The first kappa shape index (κ1) is 16.8. The zero-order valence-corrected chi connectivity index (χ0v) is 12.9. The highest BCUT2D eigenvalue weighted by molar-refractivity contribution is 5.68. The summed E-state index contributed by atoms with van der Waals surface area (Å²) in [5.41, 5.74) is -0.475. The second-order valence-corrected chi connectivity index (χ2v) is 6.83. The van der Waals surface area contributed by atoms with Gasteiger partial charge in [0.25, 0.3) is 0 Å². The predicted molar refractivity (Wildman–Crippen MR) is 76.5 cm³/mol. The van der Waals surface area contributed by atoms with Gasteiger partial charge in [0, 0.05) is 12.5 Å². The number of hydrogen-bond donors (Lipinski definition) is 2. The van der Waals surface area contributed by atoms with Crippen molar-refractivity contribution in [3.63, 3.8) is 0 Å². The van der Waals surface area contributed by atoms with E-state index in [2.05, 4.69) is 5.32 Å². The number of nitrogens with one attached hydrogen (secondary N) is 1. The summed E-state index contributed by atoms with van der Waals surface area (Å²) < 4.78 is 5.24. The Morgan fingerprint density at radius 3 is 2.25 bits per heavy atom.